The Kier molecular flexibility index (Phi) is 6.43. The van der Waals surface area contributed by atoms with E-state index in [-0.39, 0.29) is 22.8 Å². The Morgan fingerprint density at radius 2 is 1.83 bits per heavy atom. The Morgan fingerprint density at radius 3 is 2.26 bits per heavy atom. The molecular weight excluding hydrogens is 286 g/mol. The van der Waals surface area contributed by atoms with Crippen LogP contribution in [-0.4, -0.2) is 15.7 Å². The van der Waals surface area contributed by atoms with Crippen molar-refractivity contribution in [3.05, 3.63) is 11.8 Å². The summed E-state index contributed by atoms with van der Waals surface area (Å²) in [5.41, 5.74) is 0.795. The largest absolute Gasteiger partial charge is 0.311 e. The van der Waals surface area contributed by atoms with Crippen molar-refractivity contribution in [2.45, 2.75) is 92.0 Å². The van der Waals surface area contributed by atoms with E-state index in [0.717, 1.165) is 37.2 Å². The van der Waals surface area contributed by atoms with Gasteiger partial charge in [0, 0.05) is 17.4 Å². The van der Waals surface area contributed by atoms with Gasteiger partial charge in [-0.1, -0.05) is 47.5 Å². The molecule has 4 heteroatoms. The zero-order valence-corrected chi connectivity index (χ0v) is 16.3. The summed E-state index contributed by atoms with van der Waals surface area (Å²) >= 11 is 0. The van der Waals surface area contributed by atoms with Gasteiger partial charge in [-0.2, -0.15) is 5.10 Å². The first-order valence-corrected chi connectivity index (χ1v) is 8.92. The van der Waals surface area contributed by atoms with Gasteiger partial charge in [0.15, 0.2) is 0 Å². The van der Waals surface area contributed by atoms with E-state index in [1.807, 2.05) is 10.7 Å². The number of carbonyl (C=O) groups excluding carboxylic acids is 1. The van der Waals surface area contributed by atoms with Crippen LogP contribution < -0.4 is 5.32 Å². The third kappa shape index (κ3) is 5.36. The smallest absolute Gasteiger partial charge is 0.228 e. The summed E-state index contributed by atoms with van der Waals surface area (Å²) in [6.07, 6.45) is 4.05. The zero-order valence-electron chi connectivity index (χ0n) is 16.3. The SMILES string of the molecule is CCCCC(CC)C(=O)Nc1cc(C(C)(C)C)nn1C(C)(C)C. The Morgan fingerprint density at radius 1 is 1.22 bits per heavy atom. The van der Waals surface area contributed by atoms with Crippen LogP contribution in [0.15, 0.2) is 6.07 Å². The van der Waals surface area contributed by atoms with E-state index in [1.165, 1.54) is 0 Å². The molecule has 1 rings (SSSR count). The normalized spacial score (nSPS) is 13.9. The Balaban J connectivity index is 3.06. The number of hydrogen-bond acceptors (Lipinski definition) is 2. The summed E-state index contributed by atoms with van der Waals surface area (Å²) in [5.74, 6) is 1.01. The minimum absolute atomic E-state index is 0.0393. The molecule has 1 aromatic rings. The van der Waals surface area contributed by atoms with Crippen molar-refractivity contribution in [2.75, 3.05) is 5.32 Å². The minimum Gasteiger partial charge on any atom is -0.311 e. The van der Waals surface area contributed by atoms with E-state index in [0.29, 0.717) is 0 Å². The van der Waals surface area contributed by atoms with E-state index in [2.05, 4.69) is 60.7 Å². The topological polar surface area (TPSA) is 46.9 Å². The summed E-state index contributed by atoms with van der Waals surface area (Å²) in [5, 5.41) is 7.89. The van der Waals surface area contributed by atoms with E-state index in [9.17, 15) is 4.79 Å². The molecule has 0 bridgehead atoms. The highest BCUT2D eigenvalue weighted by Crippen LogP contribution is 2.28. The second kappa shape index (κ2) is 7.50. The van der Waals surface area contributed by atoms with Gasteiger partial charge >= 0.3 is 0 Å². The molecule has 0 aromatic carbocycles. The quantitative estimate of drug-likeness (QED) is 0.793. The van der Waals surface area contributed by atoms with E-state index < -0.39 is 0 Å². The van der Waals surface area contributed by atoms with Crippen LogP contribution in [0, 0.1) is 5.92 Å². The van der Waals surface area contributed by atoms with Crippen LogP contribution in [0.1, 0.15) is 86.8 Å². The van der Waals surface area contributed by atoms with E-state index in [4.69, 9.17) is 5.10 Å². The van der Waals surface area contributed by atoms with Crippen LogP contribution in [0.5, 0.6) is 0 Å². The van der Waals surface area contributed by atoms with E-state index >= 15 is 0 Å². The average molecular weight is 322 g/mol. The Hall–Kier alpha value is -1.32. The third-order valence-corrected chi connectivity index (χ3v) is 4.13. The van der Waals surface area contributed by atoms with Crippen molar-refractivity contribution in [3.63, 3.8) is 0 Å². The molecule has 0 saturated heterocycles. The molecule has 0 fully saturated rings. The molecule has 1 N–H and O–H groups in total. The Bertz CT molecular complexity index is 518. The lowest BCUT2D eigenvalue weighted by Gasteiger charge is -2.23. The highest BCUT2D eigenvalue weighted by atomic mass is 16.2. The first-order valence-electron chi connectivity index (χ1n) is 8.92. The van der Waals surface area contributed by atoms with Gasteiger partial charge in [-0.25, -0.2) is 4.68 Å². The van der Waals surface area contributed by atoms with Crippen LogP contribution in [-0.2, 0) is 15.7 Å². The molecule has 23 heavy (non-hydrogen) atoms. The van der Waals surface area contributed by atoms with Gasteiger partial charge in [-0.15, -0.1) is 0 Å². The van der Waals surface area contributed by atoms with E-state index in [1.54, 1.807) is 0 Å². The number of unbranched alkanes of at least 4 members (excludes halogenated alkanes) is 1. The third-order valence-electron chi connectivity index (χ3n) is 4.13. The summed E-state index contributed by atoms with van der Waals surface area (Å²) in [6.45, 7) is 17.0. The molecule has 1 atom stereocenters. The van der Waals surface area contributed by atoms with Gasteiger partial charge in [0.25, 0.3) is 0 Å². The van der Waals surface area contributed by atoms with Crippen molar-refractivity contribution >= 4 is 11.7 Å². The number of anilines is 1. The van der Waals surface area contributed by atoms with Gasteiger partial charge in [-0.05, 0) is 33.6 Å². The molecule has 1 amide bonds. The average Bonchev–Trinajstić information content (AvgIpc) is 2.83. The molecular formula is C19H35N3O. The fourth-order valence-electron chi connectivity index (χ4n) is 2.55. The van der Waals surface area contributed by atoms with Crippen molar-refractivity contribution < 1.29 is 4.79 Å². The molecule has 132 valence electrons. The number of carbonyl (C=O) groups is 1. The summed E-state index contributed by atoms with van der Waals surface area (Å²) in [6, 6.07) is 2.02. The maximum absolute atomic E-state index is 12.6. The van der Waals surface area contributed by atoms with Crippen molar-refractivity contribution in [2.24, 2.45) is 5.92 Å². The highest BCUT2D eigenvalue weighted by Gasteiger charge is 2.26. The van der Waals surface area contributed by atoms with Gasteiger partial charge in [-0.3, -0.25) is 4.79 Å². The Labute approximate surface area is 142 Å². The molecule has 1 heterocycles. The first-order chi connectivity index (χ1) is 10.5. The summed E-state index contributed by atoms with van der Waals surface area (Å²) in [7, 11) is 0. The molecule has 0 aliphatic heterocycles. The van der Waals surface area contributed by atoms with Crippen LogP contribution in [0.2, 0.25) is 0 Å². The number of amides is 1. The van der Waals surface area contributed by atoms with Crippen molar-refractivity contribution in [3.8, 4) is 0 Å². The van der Waals surface area contributed by atoms with Crippen LogP contribution in [0.3, 0.4) is 0 Å². The maximum atomic E-state index is 12.6. The molecule has 1 aromatic heterocycles. The molecule has 0 spiro atoms. The van der Waals surface area contributed by atoms with Gasteiger partial charge < -0.3 is 5.32 Å². The van der Waals surface area contributed by atoms with Crippen molar-refractivity contribution in [1.29, 1.82) is 0 Å². The van der Waals surface area contributed by atoms with Crippen molar-refractivity contribution in [1.82, 2.24) is 9.78 Å². The zero-order chi connectivity index (χ0) is 17.8. The van der Waals surface area contributed by atoms with Gasteiger partial charge in [0.1, 0.15) is 5.82 Å². The highest BCUT2D eigenvalue weighted by molar-refractivity contribution is 5.91. The molecule has 0 saturated carbocycles. The molecule has 0 aliphatic rings. The first kappa shape index (κ1) is 19.7. The van der Waals surface area contributed by atoms with Gasteiger partial charge in [0.05, 0.1) is 11.2 Å². The molecule has 4 nitrogen and oxygen atoms in total. The summed E-state index contributed by atoms with van der Waals surface area (Å²) in [4.78, 5) is 12.6. The monoisotopic (exact) mass is 321 g/mol. The lowest BCUT2D eigenvalue weighted by molar-refractivity contribution is -0.120. The lowest BCUT2D eigenvalue weighted by Crippen LogP contribution is -2.29. The second-order valence-electron chi connectivity index (χ2n) is 8.48. The predicted molar refractivity (Wildman–Crippen MR) is 97.9 cm³/mol. The number of nitrogens with zero attached hydrogens (tertiary/aromatic N) is 2. The number of aromatic nitrogens is 2. The number of rotatable bonds is 6. The lowest BCUT2D eigenvalue weighted by atomic mass is 9.92. The fraction of sp³-hybridized carbons (Fsp3) is 0.789. The fourth-order valence-corrected chi connectivity index (χ4v) is 2.55. The van der Waals surface area contributed by atoms with Crippen LogP contribution >= 0.6 is 0 Å². The summed E-state index contributed by atoms with van der Waals surface area (Å²) < 4.78 is 1.94. The standard InChI is InChI=1S/C19H35N3O/c1-9-11-12-14(10-2)17(23)20-16-13-15(18(3,4)5)21-22(16)19(6,7)8/h13-14H,9-12H2,1-8H3,(H,20,23). The second-order valence-corrected chi connectivity index (χ2v) is 8.48. The predicted octanol–water partition coefficient (Wildman–Crippen LogP) is 5.09. The molecule has 0 aliphatic carbocycles. The number of hydrogen-bond donors (Lipinski definition) is 1. The number of nitrogens with one attached hydrogen (secondary N) is 1. The molecule has 1 unspecified atom stereocenters. The maximum Gasteiger partial charge on any atom is 0.228 e. The van der Waals surface area contributed by atoms with Gasteiger partial charge in [0.2, 0.25) is 5.91 Å². The molecule has 0 radical (unpaired) electrons. The van der Waals surface area contributed by atoms with Crippen LogP contribution in [0.4, 0.5) is 5.82 Å². The minimum atomic E-state index is -0.169. The van der Waals surface area contributed by atoms with Crippen LogP contribution in [0.25, 0.3) is 0 Å².